The van der Waals surface area contributed by atoms with Crippen LogP contribution in [0.2, 0.25) is 0 Å². The van der Waals surface area contributed by atoms with Gasteiger partial charge in [-0.05, 0) is 279 Å². The third-order valence-electron chi connectivity index (χ3n) is 17.7. The largest absolute Gasteiger partial charge is 0.508 e. The number of fused-ring (bicyclic) bond motifs is 12. The monoisotopic (exact) mass is 1340 g/mol. The van der Waals surface area contributed by atoms with Crippen molar-refractivity contribution in [2.24, 2.45) is 0 Å². The van der Waals surface area contributed by atoms with E-state index < -0.39 is 35.8 Å². The second kappa shape index (κ2) is 24.8. The molecule has 0 amide bonds. The molecule has 0 radical (unpaired) electrons. The minimum absolute atomic E-state index is 0.00354. The number of hydrogen-bond acceptors (Lipinski definition) is 18. The lowest BCUT2D eigenvalue weighted by Crippen LogP contribution is -2.19. The molecule has 0 heterocycles. The Balaban J connectivity index is 0.953. The van der Waals surface area contributed by atoms with Gasteiger partial charge >= 0.3 is 35.8 Å². The highest BCUT2D eigenvalue weighted by Gasteiger charge is 2.31. The van der Waals surface area contributed by atoms with E-state index in [1.807, 2.05) is 0 Å². The summed E-state index contributed by atoms with van der Waals surface area (Å²) in [5, 5.41) is 69.4. The molecule has 16 aromatic rings. The summed E-state index contributed by atoms with van der Waals surface area (Å²) in [4.78, 5) is 91.9. The van der Waals surface area contributed by atoms with Gasteiger partial charge in [0.05, 0.1) is 33.4 Å². The van der Waals surface area contributed by atoms with Crippen molar-refractivity contribution in [1.82, 2.24) is 0 Å². The zero-order valence-corrected chi connectivity index (χ0v) is 52.8. The SMILES string of the molecule is O=C(Oc1ccc2cc(O)ccc2c1)c1cc2c3cc(C(=O)Oc4ccc5cc(O)ccc5c4)c(C(=O)Oc4ccc5cc(O)ccc5c4)cc3c3cc(C(=O)Oc4ccc5cc(O)ccc5c4)c(C(=O)Oc4ccc5cc(O)ccc5c4)cc3c2cc1C(=O)Oc1ccc2cc(O)ccc2c1. The average molecular weight is 1350 g/mol. The number of phenols is 6. The first kappa shape index (κ1) is 62.3. The van der Waals surface area contributed by atoms with Crippen LogP contribution in [0.25, 0.3) is 97.0 Å². The molecule has 0 saturated heterocycles. The predicted octanol–water partition coefficient (Wildman–Crippen LogP) is 17.6. The summed E-state index contributed by atoms with van der Waals surface area (Å²) >= 11 is 0. The molecule has 0 spiro atoms. The number of benzene rings is 16. The van der Waals surface area contributed by atoms with Crippen LogP contribution in [-0.4, -0.2) is 66.5 Å². The molecule has 0 unspecified atom stereocenters. The zero-order chi connectivity index (χ0) is 70.2. The standard InChI is InChI=1S/C84H48O18/c85-55-13-1-49-31-61(19-7-43(49)25-55)97-79(91)73-37-67-68(38-74(73)80(92)98-62-20-8-44-26-56(86)14-2-50(44)32-62)70-40-76(82(94)100-64-22-10-46-28-58(88)16-4-52(46)34-64)78(84(96)102-66-24-12-48-30-60(90)18-6-54(48)36-66)42-72(70)71-41-77(83(95)101-65-23-11-47-29-59(89)17-5-53(47)35-65)75(39-69(67)71)81(93)99-63-21-9-45-27-57(87)15-3-51(45)33-63/h1-42,85-90H. The number of esters is 6. The fourth-order valence-electron chi connectivity index (χ4n) is 12.8. The highest BCUT2D eigenvalue weighted by atomic mass is 16.6. The fraction of sp³-hybridized carbons (Fsp3) is 0. The molecule has 0 aliphatic rings. The Kier molecular flexibility index (Phi) is 15.2. The second-order valence-electron chi connectivity index (χ2n) is 24.3. The molecule has 0 saturated carbocycles. The maximum Gasteiger partial charge on any atom is 0.344 e. The van der Waals surface area contributed by atoms with Gasteiger partial charge in [-0.2, -0.15) is 0 Å². The molecule has 0 aliphatic heterocycles. The Hall–Kier alpha value is -14.5. The molecule has 0 aromatic heterocycles. The van der Waals surface area contributed by atoms with E-state index in [4.69, 9.17) is 28.4 Å². The lowest BCUT2D eigenvalue weighted by Gasteiger charge is -2.19. The lowest BCUT2D eigenvalue weighted by atomic mass is 9.87. The Morgan fingerprint density at radius 3 is 0.441 bits per heavy atom. The molecule has 16 aromatic carbocycles. The second-order valence-corrected chi connectivity index (χ2v) is 24.3. The van der Waals surface area contributed by atoms with E-state index in [9.17, 15) is 30.6 Å². The maximum atomic E-state index is 15.3. The smallest absolute Gasteiger partial charge is 0.344 e. The number of carbonyl (C=O) groups is 6. The van der Waals surface area contributed by atoms with Crippen molar-refractivity contribution in [1.29, 1.82) is 0 Å². The summed E-state index contributed by atoms with van der Waals surface area (Å²) in [6.45, 7) is 0. The third-order valence-corrected chi connectivity index (χ3v) is 17.7. The van der Waals surface area contributed by atoms with Gasteiger partial charge in [0.2, 0.25) is 0 Å². The number of hydrogen-bond donors (Lipinski definition) is 6. The first-order valence-electron chi connectivity index (χ1n) is 31.6. The molecule has 0 fully saturated rings. The van der Waals surface area contributed by atoms with Crippen molar-refractivity contribution in [3.05, 3.63) is 288 Å². The van der Waals surface area contributed by atoms with Crippen molar-refractivity contribution >= 4 is 133 Å². The Morgan fingerprint density at radius 1 is 0.167 bits per heavy atom. The van der Waals surface area contributed by atoms with Gasteiger partial charge < -0.3 is 59.1 Å². The number of ether oxygens (including phenoxy) is 6. The van der Waals surface area contributed by atoms with Crippen LogP contribution in [0.5, 0.6) is 69.0 Å². The first-order valence-corrected chi connectivity index (χ1v) is 31.6. The molecule has 492 valence electrons. The van der Waals surface area contributed by atoms with E-state index >= 15 is 28.8 Å². The Labute approximate surface area is 575 Å². The summed E-state index contributed by atoms with van der Waals surface area (Å²) < 4.78 is 36.8. The predicted molar refractivity (Wildman–Crippen MR) is 382 cm³/mol. The van der Waals surface area contributed by atoms with E-state index in [0.29, 0.717) is 64.6 Å². The molecule has 102 heavy (non-hydrogen) atoms. The summed E-state index contributed by atoms with van der Waals surface area (Å²) in [5.41, 5.74) is -2.34. The van der Waals surface area contributed by atoms with Crippen LogP contribution in [-0.2, 0) is 0 Å². The third kappa shape index (κ3) is 12.0. The Morgan fingerprint density at radius 2 is 0.294 bits per heavy atom. The topological polar surface area (TPSA) is 279 Å². The van der Waals surface area contributed by atoms with Gasteiger partial charge in [-0.25, -0.2) is 28.8 Å². The van der Waals surface area contributed by atoms with E-state index in [1.165, 1.54) is 146 Å². The van der Waals surface area contributed by atoms with Crippen LogP contribution >= 0.6 is 0 Å². The number of aromatic hydroxyl groups is 6. The number of carbonyl (C=O) groups excluding carboxylic acids is 6. The summed E-state index contributed by atoms with van der Waals surface area (Å²) in [6.07, 6.45) is 0. The maximum absolute atomic E-state index is 15.3. The van der Waals surface area contributed by atoms with Crippen molar-refractivity contribution < 1.29 is 87.8 Å². The van der Waals surface area contributed by atoms with E-state index in [2.05, 4.69) is 0 Å². The van der Waals surface area contributed by atoms with Crippen molar-refractivity contribution in [3.63, 3.8) is 0 Å². The molecule has 18 heteroatoms. The Bertz CT molecular complexity index is 5350. The molecule has 0 bridgehead atoms. The molecule has 0 aliphatic carbocycles. The van der Waals surface area contributed by atoms with Crippen LogP contribution < -0.4 is 28.4 Å². The van der Waals surface area contributed by atoms with Gasteiger partial charge in [0.25, 0.3) is 0 Å². The van der Waals surface area contributed by atoms with Crippen LogP contribution in [0, 0.1) is 0 Å². The van der Waals surface area contributed by atoms with Crippen LogP contribution in [0.15, 0.2) is 255 Å². The van der Waals surface area contributed by atoms with E-state index in [0.717, 1.165) is 0 Å². The molecule has 6 N–H and O–H groups in total. The minimum Gasteiger partial charge on any atom is -0.508 e. The highest BCUT2D eigenvalue weighted by Crippen LogP contribution is 2.43. The molecule has 18 nitrogen and oxygen atoms in total. The summed E-state index contributed by atoms with van der Waals surface area (Å²) in [6, 6.07) is 63.7. The number of phenolic OH excluding ortho intramolecular Hbond substituents is 6. The lowest BCUT2D eigenvalue weighted by molar-refractivity contribution is 0.0692. The first-order chi connectivity index (χ1) is 49.3. The summed E-state index contributed by atoms with van der Waals surface area (Å²) in [7, 11) is 0. The molecule has 0 atom stereocenters. The van der Waals surface area contributed by atoms with Gasteiger partial charge in [-0.15, -0.1) is 0 Å². The minimum atomic E-state index is -1.09. The quantitative estimate of drug-likeness (QED) is 0.0377. The van der Waals surface area contributed by atoms with Crippen molar-refractivity contribution in [2.75, 3.05) is 0 Å². The van der Waals surface area contributed by atoms with E-state index in [1.54, 1.807) is 109 Å². The highest BCUT2D eigenvalue weighted by molar-refractivity contribution is 6.30. The number of rotatable bonds is 12. The van der Waals surface area contributed by atoms with Gasteiger partial charge in [-0.1, -0.05) is 72.8 Å². The average Bonchev–Trinajstić information content (AvgIpc) is 0.715. The zero-order valence-electron chi connectivity index (χ0n) is 52.8. The van der Waals surface area contributed by atoms with Gasteiger partial charge in [0, 0.05) is 0 Å². The van der Waals surface area contributed by atoms with Crippen molar-refractivity contribution in [2.45, 2.75) is 0 Å². The molecular weight excluding hydrogens is 1300 g/mol. The van der Waals surface area contributed by atoms with Crippen LogP contribution in [0.3, 0.4) is 0 Å². The summed E-state index contributed by atoms with van der Waals surface area (Å²) in [5.74, 6) is -6.38. The van der Waals surface area contributed by atoms with E-state index in [-0.39, 0.29) is 135 Å². The normalized spacial score (nSPS) is 11.4. The fourth-order valence-corrected chi connectivity index (χ4v) is 12.8. The van der Waals surface area contributed by atoms with Gasteiger partial charge in [0.15, 0.2) is 0 Å². The van der Waals surface area contributed by atoms with Gasteiger partial charge in [-0.3, -0.25) is 0 Å². The van der Waals surface area contributed by atoms with Crippen molar-refractivity contribution in [3.8, 4) is 69.0 Å². The molecular formula is C84H48O18. The van der Waals surface area contributed by atoms with Crippen LogP contribution in [0.1, 0.15) is 62.1 Å². The molecule has 16 rings (SSSR count). The van der Waals surface area contributed by atoms with Crippen LogP contribution in [0.4, 0.5) is 0 Å². The van der Waals surface area contributed by atoms with Gasteiger partial charge in [0.1, 0.15) is 69.0 Å².